The van der Waals surface area contributed by atoms with Crippen molar-refractivity contribution in [1.29, 1.82) is 0 Å². The summed E-state index contributed by atoms with van der Waals surface area (Å²) in [6, 6.07) is 0.612. The van der Waals surface area contributed by atoms with E-state index in [4.69, 9.17) is 0 Å². The lowest BCUT2D eigenvalue weighted by Gasteiger charge is -2.42. The third kappa shape index (κ3) is 1.99. The summed E-state index contributed by atoms with van der Waals surface area (Å²) in [7, 11) is 0. The molecule has 0 aromatic carbocycles. The fourth-order valence-corrected chi connectivity index (χ4v) is 3.08. The molecule has 4 nitrogen and oxygen atoms in total. The molecule has 1 aromatic rings. The smallest absolute Gasteiger partial charge is 0.223 e. The van der Waals surface area contributed by atoms with Crippen molar-refractivity contribution in [3.05, 3.63) is 11.9 Å². The standard InChI is InChI=1S/C13H22N4/c1-13(2,3)12-9-17(15-14-12)11-8-16-6-4-10(11)5-7-16/h9-11H,4-8H2,1-3H3/p+1. The minimum atomic E-state index is 0.135. The summed E-state index contributed by atoms with van der Waals surface area (Å²) in [5.41, 5.74) is 1.30. The van der Waals surface area contributed by atoms with Crippen LogP contribution in [0.3, 0.4) is 0 Å². The van der Waals surface area contributed by atoms with Crippen LogP contribution < -0.4 is 4.68 Å². The number of aromatic amines is 1. The van der Waals surface area contributed by atoms with E-state index in [-0.39, 0.29) is 5.41 Å². The van der Waals surface area contributed by atoms with Gasteiger partial charge in [0.25, 0.3) is 0 Å². The molecule has 0 saturated carbocycles. The van der Waals surface area contributed by atoms with Crippen molar-refractivity contribution in [2.45, 2.75) is 45.1 Å². The van der Waals surface area contributed by atoms with Gasteiger partial charge in [0, 0.05) is 23.0 Å². The predicted octanol–water partition coefficient (Wildman–Crippen LogP) is 1.26. The van der Waals surface area contributed by atoms with E-state index in [1.165, 1.54) is 32.5 Å². The Kier molecular flexibility index (Phi) is 2.51. The van der Waals surface area contributed by atoms with Crippen LogP contribution in [-0.4, -0.2) is 34.8 Å². The van der Waals surface area contributed by atoms with Crippen molar-refractivity contribution in [1.82, 2.24) is 15.2 Å². The summed E-state index contributed by atoms with van der Waals surface area (Å²) in [5.74, 6) is 0.846. The van der Waals surface area contributed by atoms with E-state index in [1.807, 2.05) is 0 Å². The minimum absolute atomic E-state index is 0.135. The van der Waals surface area contributed by atoms with Gasteiger partial charge >= 0.3 is 0 Å². The molecular weight excluding hydrogens is 212 g/mol. The topological polar surface area (TPSA) is 35.8 Å². The molecule has 0 amide bonds. The number of hydrogen-bond donors (Lipinski definition) is 1. The van der Waals surface area contributed by atoms with Gasteiger partial charge < -0.3 is 0 Å². The molecule has 1 N–H and O–H groups in total. The van der Waals surface area contributed by atoms with Crippen molar-refractivity contribution in [2.24, 2.45) is 5.92 Å². The molecule has 1 aromatic heterocycles. The van der Waals surface area contributed by atoms with Gasteiger partial charge in [-0.1, -0.05) is 26.0 Å². The Bertz CT molecular complexity index is 396. The molecule has 0 radical (unpaired) electrons. The highest BCUT2D eigenvalue weighted by Crippen LogP contribution is 2.32. The molecule has 1 atom stereocenters. The highest BCUT2D eigenvalue weighted by atomic mass is 15.4. The monoisotopic (exact) mass is 235 g/mol. The molecule has 4 heteroatoms. The first-order valence-electron chi connectivity index (χ1n) is 6.73. The number of aromatic nitrogens is 3. The highest BCUT2D eigenvalue weighted by Gasteiger charge is 2.39. The van der Waals surface area contributed by atoms with E-state index in [2.05, 4.69) is 46.9 Å². The third-order valence-corrected chi connectivity index (χ3v) is 4.29. The van der Waals surface area contributed by atoms with Crippen LogP contribution in [0.15, 0.2) is 6.20 Å². The normalized spacial score (nSPS) is 33.0. The Morgan fingerprint density at radius 2 is 2.06 bits per heavy atom. The van der Waals surface area contributed by atoms with Gasteiger partial charge in [-0.3, -0.25) is 4.90 Å². The van der Waals surface area contributed by atoms with E-state index in [0.29, 0.717) is 6.04 Å². The third-order valence-electron chi connectivity index (χ3n) is 4.29. The second-order valence-electron chi connectivity index (χ2n) is 6.59. The van der Waals surface area contributed by atoms with Crippen LogP contribution in [0, 0.1) is 5.92 Å². The molecule has 1 unspecified atom stereocenters. The molecule has 2 bridgehead atoms. The van der Waals surface area contributed by atoms with Crippen LogP contribution in [0.25, 0.3) is 0 Å². The number of hydrogen-bond acceptors (Lipinski definition) is 2. The van der Waals surface area contributed by atoms with Gasteiger partial charge in [0.2, 0.25) is 5.69 Å². The molecule has 3 saturated heterocycles. The summed E-state index contributed by atoms with van der Waals surface area (Å²) in [4.78, 5) is 2.58. The average molecular weight is 235 g/mol. The Morgan fingerprint density at radius 1 is 1.35 bits per heavy atom. The van der Waals surface area contributed by atoms with E-state index >= 15 is 0 Å². The molecule has 3 aliphatic rings. The maximum Gasteiger partial charge on any atom is 0.223 e. The number of rotatable bonds is 1. The van der Waals surface area contributed by atoms with Gasteiger partial charge in [0.1, 0.15) is 6.04 Å². The Balaban J connectivity index is 1.83. The molecule has 0 spiro atoms. The molecular formula is C13H23N4+. The summed E-state index contributed by atoms with van der Waals surface area (Å²) in [6.45, 7) is 10.4. The van der Waals surface area contributed by atoms with Crippen molar-refractivity contribution < 1.29 is 4.68 Å². The maximum atomic E-state index is 4.47. The van der Waals surface area contributed by atoms with Gasteiger partial charge in [-0.15, -0.1) is 0 Å². The second kappa shape index (κ2) is 3.80. The summed E-state index contributed by atoms with van der Waals surface area (Å²) >= 11 is 0. The van der Waals surface area contributed by atoms with Crippen LogP contribution in [0.5, 0.6) is 0 Å². The molecule has 17 heavy (non-hydrogen) atoms. The number of piperidine rings is 3. The minimum Gasteiger partial charge on any atom is -0.299 e. The van der Waals surface area contributed by atoms with Crippen LogP contribution in [0.1, 0.15) is 45.3 Å². The van der Waals surface area contributed by atoms with Crippen LogP contribution in [0.2, 0.25) is 0 Å². The van der Waals surface area contributed by atoms with Gasteiger partial charge in [-0.25, -0.2) is 0 Å². The Labute approximate surface area is 103 Å². The zero-order chi connectivity index (χ0) is 12.0. The van der Waals surface area contributed by atoms with Gasteiger partial charge in [0.05, 0.1) is 0 Å². The first-order valence-corrected chi connectivity index (χ1v) is 6.73. The van der Waals surface area contributed by atoms with Crippen molar-refractivity contribution in [2.75, 3.05) is 19.6 Å². The zero-order valence-electron chi connectivity index (χ0n) is 11.1. The first kappa shape index (κ1) is 11.2. The largest absolute Gasteiger partial charge is 0.299 e. The van der Waals surface area contributed by atoms with E-state index in [9.17, 15) is 0 Å². The first-order chi connectivity index (χ1) is 8.04. The fraction of sp³-hybridized carbons (Fsp3) is 0.846. The van der Waals surface area contributed by atoms with Crippen LogP contribution >= 0.6 is 0 Å². The van der Waals surface area contributed by atoms with Crippen LogP contribution in [-0.2, 0) is 5.41 Å². The SMILES string of the molecule is CC(C)(C)c1c[n+](C2CN3CCC2CC3)[nH]n1. The molecule has 0 aliphatic carbocycles. The van der Waals surface area contributed by atoms with Crippen molar-refractivity contribution >= 4 is 0 Å². The van der Waals surface area contributed by atoms with Crippen LogP contribution in [0.4, 0.5) is 0 Å². The Hall–Kier alpha value is -0.900. The lowest BCUT2D eigenvalue weighted by atomic mass is 9.84. The lowest BCUT2D eigenvalue weighted by molar-refractivity contribution is -0.786. The van der Waals surface area contributed by atoms with Gasteiger partial charge in [-0.05, 0) is 25.9 Å². The van der Waals surface area contributed by atoms with E-state index in [1.54, 1.807) is 0 Å². The van der Waals surface area contributed by atoms with Gasteiger partial charge in [0.15, 0.2) is 6.20 Å². The molecule has 3 fully saturated rings. The highest BCUT2D eigenvalue weighted by molar-refractivity contribution is 5.03. The molecule has 94 valence electrons. The van der Waals surface area contributed by atoms with Gasteiger partial charge in [-0.2, -0.15) is 4.68 Å². The lowest BCUT2D eigenvalue weighted by Crippen LogP contribution is -2.58. The number of nitrogens with one attached hydrogen (secondary N) is 1. The summed E-state index contributed by atoms with van der Waals surface area (Å²) in [6.07, 6.45) is 4.91. The van der Waals surface area contributed by atoms with Crippen molar-refractivity contribution in [3.8, 4) is 0 Å². The average Bonchev–Trinajstić information content (AvgIpc) is 2.79. The fourth-order valence-electron chi connectivity index (χ4n) is 3.08. The molecule has 4 heterocycles. The quantitative estimate of drug-likeness (QED) is 0.744. The molecule has 4 rings (SSSR count). The van der Waals surface area contributed by atoms with E-state index < -0.39 is 0 Å². The second-order valence-corrected chi connectivity index (χ2v) is 6.59. The zero-order valence-corrected chi connectivity index (χ0v) is 11.1. The van der Waals surface area contributed by atoms with E-state index in [0.717, 1.165) is 11.6 Å². The number of fused-ring (bicyclic) bond motifs is 3. The number of H-pyrrole nitrogens is 1. The predicted molar refractivity (Wildman–Crippen MR) is 65.7 cm³/mol. The summed E-state index contributed by atoms with van der Waals surface area (Å²) in [5, 5.41) is 7.67. The number of nitrogens with zero attached hydrogens (tertiary/aromatic N) is 3. The maximum absolute atomic E-state index is 4.47. The van der Waals surface area contributed by atoms with Crippen molar-refractivity contribution in [3.63, 3.8) is 0 Å². The summed E-state index contributed by atoms with van der Waals surface area (Å²) < 4.78 is 2.25. The Morgan fingerprint density at radius 3 is 2.53 bits per heavy atom. The molecule has 3 aliphatic heterocycles.